The fourth-order valence-electron chi connectivity index (χ4n) is 0.932. The van der Waals surface area contributed by atoms with Crippen molar-refractivity contribution in [2.45, 2.75) is 0 Å². The van der Waals surface area contributed by atoms with Crippen LogP contribution in [0.25, 0.3) is 0 Å². The summed E-state index contributed by atoms with van der Waals surface area (Å²) in [6.45, 7) is 0. The highest BCUT2D eigenvalue weighted by Crippen LogP contribution is 2.19. The monoisotopic (exact) mass is 205 g/mol. The molecule has 0 aliphatic rings. The SMILES string of the molecule is CN(C(=O)[N+](F)(F)F)c1ccccc1. The summed E-state index contributed by atoms with van der Waals surface area (Å²) in [6.07, 6.45) is 0. The van der Waals surface area contributed by atoms with Crippen molar-refractivity contribution in [3.8, 4) is 0 Å². The number of urea groups is 1. The molecule has 1 rings (SSSR count). The minimum absolute atomic E-state index is 0.202. The lowest BCUT2D eigenvalue weighted by Gasteiger charge is -2.12. The van der Waals surface area contributed by atoms with Gasteiger partial charge in [-0.2, -0.15) is 4.79 Å². The number of anilines is 1. The van der Waals surface area contributed by atoms with Crippen LogP contribution in [0.15, 0.2) is 30.3 Å². The summed E-state index contributed by atoms with van der Waals surface area (Å²) in [5.41, 5.74) is 0.202. The van der Waals surface area contributed by atoms with E-state index < -0.39 is 11.2 Å². The van der Waals surface area contributed by atoms with E-state index in [1.165, 1.54) is 12.1 Å². The molecule has 0 bridgehead atoms. The maximum Gasteiger partial charge on any atom is 0.545 e. The van der Waals surface area contributed by atoms with Crippen LogP contribution in [-0.4, -0.2) is 18.2 Å². The van der Waals surface area contributed by atoms with Gasteiger partial charge in [0.05, 0.1) is 0 Å². The number of amides is 2. The Balaban J connectivity index is 2.87. The zero-order valence-corrected chi connectivity index (χ0v) is 7.32. The Bertz CT molecular complexity index is 323. The summed E-state index contributed by atoms with van der Waals surface area (Å²) in [6, 6.07) is 5.69. The molecular formula is C8H8F3N2O+. The van der Waals surface area contributed by atoms with Crippen LogP contribution in [0.1, 0.15) is 0 Å². The van der Waals surface area contributed by atoms with Crippen LogP contribution < -0.4 is 4.90 Å². The summed E-state index contributed by atoms with van der Waals surface area (Å²) in [7, 11) is 1.07. The van der Waals surface area contributed by atoms with Gasteiger partial charge in [0, 0.05) is 12.7 Å². The smallest absolute Gasteiger partial charge is 0.255 e. The number of rotatable bonds is 1. The fraction of sp³-hybridized carbons (Fsp3) is 0.125. The second-order valence-corrected chi connectivity index (χ2v) is 2.62. The first-order valence-corrected chi connectivity index (χ1v) is 3.74. The van der Waals surface area contributed by atoms with Crippen LogP contribution >= 0.6 is 0 Å². The molecule has 0 spiro atoms. The number of hydrogen-bond acceptors (Lipinski definition) is 1. The van der Waals surface area contributed by atoms with Crippen molar-refractivity contribution in [3.63, 3.8) is 0 Å². The highest BCUT2D eigenvalue weighted by Gasteiger charge is 2.47. The summed E-state index contributed by atoms with van der Waals surface area (Å²) >= 11 is 0. The van der Waals surface area contributed by atoms with Gasteiger partial charge in [-0.3, -0.25) is 4.90 Å². The molecule has 0 aliphatic heterocycles. The lowest BCUT2D eigenvalue weighted by atomic mass is 10.3. The number of halogens is 3. The van der Waals surface area contributed by atoms with Gasteiger partial charge in [-0.25, -0.2) is 0 Å². The number of carbonyl (C=O) groups is 1. The molecule has 0 unspecified atom stereocenters. The molecular weight excluding hydrogens is 197 g/mol. The second kappa shape index (κ2) is 3.67. The Morgan fingerprint density at radius 1 is 1.21 bits per heavy atom. The second-order valence-electron chi connectivity index (χ2n) is 2.62. The number of quaternary nitrogens is 1. The number of nitrogens with zero attached hydrogens (tertiary/aromatic N) is 2. The van der Waals surface area contributed by atoms with Crippen molar-refractivity contribution >= 4 is 11.7 Å². The molecule has 1 aromatic rings. The van der Waals surface area contributed by atoms with Crippen LogP contribution in [0.2, 0.25) is 0 Å². The zero-order valence-electron chi connectivity index (χ0n) is 7.32. The van der Waals surface area contributed by atoms with Gasteiger partial charge in [-0.15, -0.1) is 0 Å². The Morgan fingerprint density at radius 3 is 2.14 bits per heavy atom. The highest BCUT2D eigenvalue weighted by atomic mass is 19.6. The zero-order chi connectivity index (χ0) is 10.8. The normalized spacial score (nSPS) is 11.1. The largest absolute Gasteiger partial charge is 0.545 e. The molecule has 0 aromatic heterocycles. The maximum atomic E-state index is 11.9. The number of carbonyl (C=O) groups excluding carboxylic acids is 1. The molecule has 76 valence electrons. The third-order valence-electron chi connectivity index (χ3n) is 1.65. The van der Waals surface area contributed by atoms with Crippen LogP contribution in [0, 0.1) is 0 Å². The average Bonchev–Trinajstić information content (AvgIpc) is 2.15. The van der Waals surface area contributed by atoms with Crippen molar-refractivity contribution in [2.24, 2.45) is 0 Å². The van der Waals surface area contributed by atoms with Gasteiger partial charge in [0.2, 0.25) is 0 Å². The molecule has 6 heteroatoms. The van der Waals surface area contributed by atoms with E-state index in [0.717, 1.165) is 7.05 Å². The minimum Gasteiger partial charge on any atom is -0.255 e. The standard InChI is InChI=1S/C8H8F3N2O/c1-12(8(14)13(9,10)11)7-5-3-2-4-6-7/h2-6H,1H3/q+1. The lowest BCUT2D eigenvalue weighted by molar-refractivity contribution is -1.21. The van der Waals surface area contributed by atoms with E-state index in [4.69, 9.17) is 0 Å². The Hall–Kier alpha value is -1.56. The van der Waals surface area contributed by atoms with Gasteiger partial charge in [-0.05, 0) is 12.1 Å². The van der Waals surface area contributed by atoms with E-state index in [1.54, 1.807) is 18.2 Å². The molecule has 0 radical (unpaired) electrons. The fourth-order valence-corrected chi connectivity index (χ4v) is 0.932. The first kappa shape index (κ1) is 10.5. The topological polar surface area (TPSA) is 20.3 Å². The minimum atomic E-state index is -4.20. The summed E-state index contributed by atoms with van der Waals surface area (Å²) in [5.74, 6) is 0. The van der Waals surface area contributed by atoms with Gasteiger partial charge in [0.1, 0.15) is 13.4 Å². The van der Waals surface area contributed by atoms with Gasteiger partial charge < -0.3 is 0 Å². The quantitative estimate of drug-likeness (QED) is 0.645. The van der Waals surface area contributed by atoms with E-state index in [9.17, 15) is 18.2 Å². The Morgan fingerprint density at radius 2 is 1.71 bits per heavy atom. The molecule has 0 heterocycles. The molecule has 3 nitrogen and oxygen atoms in total. The summed E-state index contributed by atoms with van der Waals surface area (Å²) in [4.78, 5) is 11.3. The first-order chi connectivity index (χ1) is 6.43. The van der Waals surface area contributed by atoms with Gasteiger partial charge in [0.15, 0.2) is 0 Å². The molecule has 0 N–H and O–H groups in total. The van der Waals surface area contributed by atoms with Gasteiger partial charge >= 0.3 is 11.2 Å². The third-order valence-corrected chi connectivity index (χ3v) is 1.65. The molecule has 0 saturated heterocycles. The van der Waals surface area contributed by atoms with E-state index >= 15 is 0 Å². The van der Waals surface area contributed by atoms with Crippen molar-refractivity contribution in [1.82, 2.24) is 0 Å². The molecule has 14 heavy (non-hydrogen) atoms. The van der Waals surface area contributed by atoms with E-state index in [0.29, 0.717) is 4.90 Å². The lowest BCUT2D eigenvalue weighted by Crippen LogP contribution is -2.40. The molecule has 2 amide bonds. The highest BCUT2D eigenvalue weighted by molar-refractivity contribution is 5.85. The number of para-hydroxylation sites is 1. The Labute approximate surface area is 78.4 Å². The maximum absolute atomic E-state index is 11.9. The van der Waals surface area contributed by atoms with Crippen molar-refractivity contribution in [3.05, 3.63) is 30.3 Å². The van der Waals surface area contributed by atoms with Crippen LogP contribution in [-0.2, 0) is 0 Å². The number of hydrogen-bond donors (Lipinski definition) is 0. The molecule has 0 aliphatic carbocycles. The van der Waals surface area contributed by atoms with Gasteiger partial charge in [-0.1, -0.05) is 18.2 Å². The van der Waals surface area contributed by atoms with Gasteiger partial charge in [0.25, 0.3) is 0 Å². The van der Waals surface area contributed by atoms with Crippen LogP contribution in [0.3, 0.4) is 0 Å². The van der Waals surface area contributed by atoms with E-state index in [-0.39, 0.29) is 5.69 Å². The van der Waals surface area contributed by atoms with Crippen molar-refractivity contribution in [2.75, 3.05) is 11.9 Å². The molecule has 0 saturated carbocycles. The summed E-state index contributed by atoms with van der Waals surface area (Å²) in [5, 5.41) is -4.20. The molecule has 1 aromatic carbocycles. The first-order valence-electron chi connectivity index (χ1n) is 3.74. The van der Waals surface area contributed by atoms with Crippen molar-refractivity contribution < 1.29 is 23.4 Å². The molecule has 0 fully saturated rings. The Kier molecular flexibility index (Phi) is 2.76. The third kappa shape index (κ3) is 2.23. The molecule has 0 atom stereocenters. The van der Waals surface area contributed by atoms with Crippen molar-refractivity contribution in [1.29, 1.82) is 0 Å². The number of benzene rings is 1. The van der Waals surface area contributed by atoms with E-state index in [1.807, 2.05) is 0 Å². The summed E-state index contributed by atoms with van der Waals surface area (Å²) < 4.78 is 35.8. The van der Waals surface area contributed by atoms with E-state index in [2.05, 4.69) is 0 Å². The average molecular weight is 205 g/mol. The van der Waals surface area contributed by atoms with Crippen LogP contribution in [0.5, 0.6) is 0 Å². The predicted octanol–water partition coefficient (Wildman–Crippen LogP) is 2.71. The predicted molar refractivity (Wildman–Crippen MR) is 43.8 cm³/mol. The van der Waals surface area contributed by atoms with Crippen LogP contribution in [0.4, 0.5) is 23.9 Å².